The molecule has 9 heteroatoms. The maximum absolute atomic E-state index is 13.0. The number of halogens is 2. The van der Waals surface area contributed by atoms with E-state index < -0.39 is 0 Å². The molecular weight excluding hydrogens is 497 g/mol. The molecule has 36 heavy (non-hydrogen) atoms. The number of hydrogen-bond donors (Lipinski definition) is 1. The first-order valence-corrected chi connectivity index (χ1v) is 13.0. The van der Waals surface area contributed by atoms with Crippen LogP contribution in [0.15, 0.2) is 42.7 Å². The summed E-state index contributed by atoms with van der Waals surface area (Å²) in [5, 5.41) is 8.24. The van der Waals surface area contributed by atoms with Gasteiger partial charge < -0.3 is 10.1 Å². The quantitative estimate of drug-likeness (QED) is 0.461. The summed E-state index contributed by atoms with van der Waals surface area (Å²) in [6.45, 7) is 7.58. The first kappa shape index (κ1) is 25.0. The van der Waals surface area contributed by atoms with Gasteiger partial charge in [0.1, 0.15) is 0 Å². The summed E-state index contributed by atoms with van der Waals surface area (Å²) in [7, 11) is 0. The zero-order valence-corrected chi connectivity index (χ0v) is 21.9. The fraction of sp³-hybridized carbons (Fsp3) is 0.370. The summed E-state index contributed by atoms with van der Waals surface area (Å²) in [6.07, 6.45) is 8.80. The highest BCUT2D eigenvalue weighted by molar-refractivity contribution is 6.42. The number of anilines is 1. The summed E-state index contributed by atoms with van der Waals surface area (Å²) in [5.41, 5.74) is 5.92. The highest BCUT2D eigenvalue weighted by Gasteiger charge is 2.24. The van der Waals surface area contributed by atoms with Crippen LogP contribution in [0.4, 0.5) is 5.69 Å². The van der Waals surface area contributed by atoms with Crippen molar-refractivity contribution in [2.75, 3.05) is 31.6 Å². The second kappa shape index (κ2) is 10.7. The molecule has 1 unspecified atom stereocenters. The van der Waals surface area contributed by atoms with Gasteiger partial charge in [-0.15, -0.1) is 0 Å². The van der Waals surface area contributed by atoms with E-state index in [0.29, 0.717) is 33.0 Å². The molecule has 2 aliphatic rings. The Morgan fingerprint density at radius 2 is 1.92 bits per heavy atom. The van der Waals surface area contributed by atoms with Gasteiger partial charge in [-0.3, -0.25) is 14.7 Å². The van der Waals surface area contributed by atoms with E-state index in [2.05, 4.69) is 21.4 Å². The lowest BCUT2D eigenvalue weighted by Crippen LogP contribution is -2.43. The third-order valence-corrected chi connectivity index (χ3v) is 7.73. The van der Waals surface area contributed by atoms with E-state index in [-0.39, 0.29) is 5.91 Å². The Morgan fingerprint density at radius 3 is 2.61 bits per heavy atom. The molecule has 1 aliphatic heterocycles. The first-order valence-electron chi connectivity index (χ1n) is 12.2. The van der Waals surface area contributed by atoms with E-state index in [1.54, 1.807) is 29.2 Å². The van der Waals surface area contributed by atoms with Gasteiger partial charge in [-0.25, -0.2) is 4.68 Å². The van der Waals surface area contributed by atoms with Crippen LogP contribution in [0.2, 0.25) is 10.0 Å². The van der Waals surface area contributed by atoms with Crippen LogP contribution in [0.5, 0.6) is 0 Å². The van der Waals surface area contributed by atoms with E-state index in [9.17, 15) is 4.79 Å². The molecule has 188 valence electrons. The van der Waals surface area contributed by atoms with Crippen LogP contribution in [0.1, 0.15) is 46.6 Å². The number of aryl methyl sites for hydroxylation is 1. The number of amides is 1. The van der Waals surface area contributed by atoms with Crippen molar-refractivity contribution in [3.8, 4) is 5.69 Å². The third kappa shape index (κ3) is 5.20. The van der Waals surface area contributed by atoms with Crippen LogP contribution in [0, 0.1) is 13.8 Å². The molecule has 3 aromatic rings. The average molecular weight is 526 g/mol. The number of nitrogens with one attached hydrogen (secondary N) is 1. The van der Waals surface area contributed by atoms with Crippen LogP contribution in [-0.2, 0) is 4.74 Å². The minimum absolute atomic E-state index is 0.238. The third-order valence-electron chi connectivity index (χ3n) is 6.99. The highest BCUT2D eigenvalue weighted by atomic mass is 35.5. The lowest BCUT2D eigenvalue weighted by molar-refractivity contribution is 0.0150. The van der Waals surface area contributed by atoms with Crippen molar-refractivity contribution in [2.45, 2.75) is 39.2 Å². The van der Waals surface area contributed by atoms with Crippen LogP contribution in [-0.4, -0.2) is 57.9 Å². The molecule has 1 saturated heterocycles. The second-order valence-corrected chi connectivity index (χ2v) is 10.1. The van der Waals surface area contributed by atoms with Crippen molar-refractivity contribution in [1.82, 2.24) is 19.7 Å². The molecule has 2 aromatic heterocycles. The number of pyridine rings is 1. The normalized spacial score (nSPS) is 18.7. The van der Waals surface area contributed by atoms with E-state index in [1.807, 2.05) is 26.0 Å². The van der Waals surface area contributed by atoms with Gasteiger partial charge in [-0.1, -0.05) is 29.3 Å². The lowest BCUT2D eigenvalue weighted by Gasteiger charge is -2.36. The number of carbonyl (C=O) groups is 1. The number of aromatic nitrogens is 3. The van der Waals surface area contributed by atoms with E-state index in [1.165, 1.54) is 5.57 Å². The topological polar surface area (TPSA) is 72.3 Å². The van der Waals surface area contributed by atoms with Gasteiger partial charge in [0.05, 0.1) is 64.0 Å². The molecule has 1 fully saturated rings. The number of nitrogens with zero attached hydrogens (tertiary/aromatic N) is 4. The van der Waals surface area contributed by atoms with Crippen molar-refractivity contribution in [3.05, 3.63) is 75.3 Å². The lowest BCUT2D eigenvalue weighted by atomic mass is 9.90. The van der Waals surface area contributed by atoms with Gasteiger partial charge >= 0.3 is 0 Å². The number of hydrogen-bond acceptors (Lipinski definition) is 5. The molecule has 0 saturated carbocycles. The molecule has 1 aliphatic carbocycles. The number of allylic oxidation sites excluding steroid dienone is 1. The molecule has 0 bridgehead atoms. The fourth-order valence-corrected chi connectivity index (χ4v) is 5.29. The van der Waals surface area contributed by atoms with Gasteiger partial charge in [0, 0.05) is 19.1 Å². The minimum Gasteiger partial charge on any atom is -0.379 e. The molecule has 5 rings (SSSR count). The van der Waals surface area contributed by atoms with Gasteiger partial charge in [-0.05, 0) is 68.5 Å². The minimum atomic E-state index is -0.238. The Morgan fingerprint density at radius 1 is 1.11 bits per heavy atom. The zero-order valence-electron chi connectivity index (χ0n) is 20.4. The number of morpholine rings is 1. The molecule has 1 atom stereocenters. The Balaban J connectivity index is 1.27. The molecule has 1 amide bonds. The van der Waals surface area contributed by atoms with Crippen molar-refractivity contribution >= 4 is 40.4 Å². The molecule has 1 aromatic carbocycles. The summed E-state index contributed by atoms with van der Waals surface area (Å²) in [4.78, 5) is 20.3. The largest absolute Gasteiger partial charge is 0.379 e. The second-order valence-electron chi connectivity index (χ2n) is 9.30. The highest BCUT2D eigenvalue weighted by Crippen LogP contribution is 2.31. The van der Waals surface area contributed by atoms with Crippen LogP contribution < -0.4 is 5.32 Å². The van der Waals surface area contributed by atoms with Gasteiger partial charge in [0.15, 0.2) is 0 Å². The van der Waals surface area contributed by atoms with Crippen molar-refractivity contribution < 1.29 is 9.53 Å². The summed E-state index contributed by atoms with van der Waals surface area (Å²) < 4.78 is 7.16. The zero-order chi connectivity index (χ0) is 25.2. The number of ether oxygens (including phenoxy) is 1. The molecular formula is C27H29Cl2N5O2. The molecule has 7 nitrogen and oxygen atoms in total. The molecule has 3 heterocycles. The number of benzene rings is 1. The van der Waals surface area contributed by atoms with E-state index >= 15 is 0 Å². The van der Waals surface area contributed by atoms with Gasteiger partial charge in [0.2, 0.25) is 0 Å². The Hall–Kier alpha value is -2.71. The molecule has 0 radical (unpaired) electrons. The van der Waals surface area contributed by atoms with Crippen LogP contribution in [0.25, 0.3) is 11.3 Å². The maximum Gasteiger partial charge on any atom is 0.259 e. The Bertz CT molecular complexity index is 1310. The van der Waals surface area contributed by atoms with Gasteiger partial charge in [0.25, 0.3) is 5.91 Å². The van der Waals surface area contributed by atoms with Gasteiger partial charge in [-0.2, -0.15) is 5.10 Å². The molecule has 0 spiro atoms. The molecule has 1 N–H and O–H groups in total. The number of rotatable bonds is 5. The maximum atomic E-state index is 13.0. The van der Waals surface area contributed by atoms with Crippen molar-refractivity contribution in [1.29, 1.82) is 0 Å². The predicted octanol–water partition coefficient (Wildman–Crippen LogP) is 5.71. The summed E-state index contributed by atoms with van der Waals surface area (Å²) in [6, 6.07) is 7.81. The van der Waals surface area contributed by atoms with E-state index in [4.69, 9.17) is 32.9 Å². The van der Waals surface area contributed by atoms with Crippen LogP contribution in [0.3, 0.4) is 0 Å². The van der Waals surface area contributed by atoms with Crippen molar-refractivity contribution in [3.63, 3.8) is 0 Å². The monoisotopic (exact) mass is 525 g/mol. The summed E-state index contributed by atoms with van der Waals surface area (Å²) >= 11 is 12.2. The standard InChI is InChI=1S/C27H29Cl2N5O2/c1-17-13-20(15-30-26(17)19-3-5-21(6-4-19)33-9-11-36-12-10-33)32-27(35)23-16-31-34(18(23)2)22-7-8-24(28)25(29)14-22/h3,7-8,13-16,21H,4-6,9-12H2,1-2H3,(H,32,35). The predicted molar refractivity (Wildman–Crippen MR) is 143 cm³/mol. The van der Waals surface area contributed by atoms with Crippen molar-refractivity contribution in [2.24, 2.45) is 0 Å². The van der Waals surface area contributed by atoms with Crippen LogP contribution >= 0.6 is 23.2 Å². The SMILES string of the molecule is Cc1cc(NC(=O)c2cnn(-c3ccc(Cl)c(Cl)c3)c2C)cnc1C1=CCC(N2CCOCC2)CC1. The first-order chi connectivity index (χ1) is 17.4. The summed E-state index contributed by atoms with van der Waals surface area (Å²) in [5.74, 6) is -0.238. The fourth-order valence-electron chi connectivity index (χ4n) is 5.00. The number of carbonyl (C=O) groups excluding carboxylic acids is 1. The van der Waals surface area contributed by atoms with E-state index in [0.717, 1.165) is 62.5 Å². The smallest absolute Gasteiger partial charge is 0.259 e. The Labute approximate surface area is 221 Å². The average Bonchev–Trinajstić information content (AvgIpc) is 3.28. The Kier molecular flexibility index (Phi) is 7.44.